The Labute approximate surface area is 178 Å². The molecular formula is C22H25N6O3+. The van der Waals surface area contributed by atoms with E-state index in [-0.39, 0.29) is 11.1 Å². The largest absolute Gasteiger partial charge is 0.497 e. The van der Waals surface area contributed by atoms with E-state index in [1.54, 1.807) is 11.7 Å². The van der Waals surface area contributed by atoms with Gasteiger partial charge in [0.25, 0.3) is 12.0 Å². The molecule has 1 fully saturated rings. The molecule has 1 aromatic carbocycles. The zero-order valence-corrected chi connectivity index (χ0v) is 17.6. The summed E-state index contributed by atoms with van der Waals surface area (Å²) in [5.41, 5.74) is 3.06. The number of ether oxygens (including phenoxy) is 2. The molecule has 4 aromatic rings. The van der Waals surface area contributed by atoms with Crippen LogP contribution in [0.25, 0.3) is 16.7 Å². The minimum absolute atomic E-state index is 0.187. The molecule has 0 amide bonds. The molecule has 3 aromatic heterocycles. The molecule has 9 nitrogen and oxygen atoms in total. The van der Waals surface area contributed by atoms with Gasteiger partial charge in [0.2, 0.25) is 0 Å². The van der Waals surface area contributed by atoms with Gasteiger partial charge in [0, 0.05) is 23.6 Å². The van der Waals surface area contributed by atoms with E-state index in [2.05, 4.69) is 22.3 Å². The van der Waals surface area contributed by atoms with E-state index >= 15 is 0 Å². The average molecular weight is 421 g/mol. The highest BCUT2D eigenvalue weighted by atomic mass is 16.5. The van der Waals surface area contributed by atoms with Crippen molar-refractivity contribution in [3.05, 3.63) is 64.5 Å². The number of aromatic amines is 1. The van der Waals surface area contributed by atoms with Crippen molar-refractivity contribution in [2.24, 2.45) is 5.41 Å². The van der Waals surface area contributed by atoms with E-state index in [1.807, 2.05) is 36.4 Å². The molecule has 1 saturated heterocycles. The number of H-pyrrole nitrogens is 1. The molecule has 0 unspecified atom stereocenters. The normalized spacial score (nSPS) is 15.3. The van der Waals surface area contributed by atoms with Gasteiger partial charge in [0.05, 0.1) is 37.9 Å². The molecule has 0 aliphatic carbocycles. The number of pyridine rings is 1. The highest BCUT2D eigenvalue weighted by Crippen LogP contribution is 2.25. The Morgan fingerprint density at radius 2 is 2.03 bits per heavy atom. The summed E-state index contributed by atoms with van der Waals surface area (Å²) >= 11 is 0. The van der Waals surface area contributed by atoms with Crippen molar-refractivity contribution in [2.75, 3.05) is 26.9 Å². The Hall–Kier alpha value is -3.30. The number of fused-ring (bicyclic) bond motifs is 3. The zero-order valence-electron chi connectivity index (χ0n) is 17.6. The van der Waals surface area contributed by atoms with Crippen LogP contribution in [0.4, 0.5) is 0 Å². The van der Waals surface area contributed by atoms with E-state index in [9.17, 15) is 4.79 Å². The highest BCUT2D eigenvalue weighted by molar-refractivity contribution is 5.87. The molecule has 9 heteroatoms. The van der Waals surface area contributed by atoms with Crippen molar-refractivity contribution in [1.82, 2.24) is 24.5 Å². The van der Waals surface area contributed by atoms with E-state index in [1.165, 1.54) is 10.8 Å². The summed E-state index contributed by atoms with van der Waals surface area (Å²) in [6.07, 6.45) is 1.52. The first-order valence-corrected chi connectivity index (χ1v) is 10.3. The predicted octanol–water partition coefficient (Wildman–Crippen LogP) is 1.04. The van der Waals surface area contributed by atoms with E-state index < -0.39 is 0 Å². The van der Waals surface area contributed by atoms with Gasteiger partial charge in [0.1, 0.15) is 5.75 Å². The predicted molar refractivity (Wildman–Crippen MR) is 114 cm³/mol. The second kappa shape index (κ2) is 7.75. The Morgan fingerprint density at radius 1 is 1.23 bits per heavy atom. The second-order valence-electron chi connectivity index (χ2n) is 8.35. The number of nitrogens with zero attached hydrogens (tertiary/aromatic N) is 4. The first-order chi connectivity index (χ1) is 15.1. The van der Waals surface area contributed by atoms with Crippen molar-refractivity contribution in [2.45, 2.75) is 20.0 Å². The fourth-order valence-electron chi connectivity index (χ4n) is 3.89. The van der Waals surface area contributed by atoms with E-state index in [4.69, 9.17) is 14.5 Å². The molecule has 2 N–H and O–H groups in total. The van der Waals surface area contributed by atoms with E-state index in [0.29, 0.717) is 24.4 Å². The summed E-state index contributed by atoms with van der Waals surface area (Å²) in [6, 6.07) is 11.6. The third-order valence-corrected chi connectivity index (χ3v) is 5.70. The van der Waals surface area contributed by atoms with Gasteiger partial charge in [-0.05, 0) is 34.3 Å². The van der Waals surface area contributed by atoms with Crippen LogP contribution in [0.3, 0.4) is 0 Å². The topological polar surface area (TPSA) is 96.8 Å². The quantitative estimate of drug-likeness (QED) is 0.479. The maximum Gasteiger partial charge on any atom is 0.425 e. The molecule has 0 spiro atoms. The average Bonchev–Trinajstić information content (AvgIpc) is 3.26. The van der Waals surface area contributed by atoms with Crippen molar-refractivity contribution < 1.29 is 14.5 Å². The van der Waals surface area contributed by atoms with Crippen molar-refractivity contribution in [1.29, 1.82) is 0 Å². The Kier molecular flexibility index (Phi) is 4.91. The molecule has 0 bridgehead atoms. The first kappa shape index (κ1) is 19.7. The minimum atomic E-state index is -0.240. The molecule has 1 aliphatic heterocycles. The summed E-state index contributed by atoms with van der Waals surface area (Å²) < 4.78 is 13.6. The zero-order chi connectivity index (χ0) is 21.4. The minimum Gasteiger partial charge on any atom is -0.497 e. The molecule has 0 radical (unpaired) electrons. The van der Waals surface area contributed by atoms with Gasteiger partial charge in [-0.3, -0.25) is 4.57 Å². The Morgan fingerprint density at radius 3 is 2.74 bits per heavy atom. The van der Waals surface area contributed by atoms with Gasteiger partial charge in [0.15, 0.2) is 5.65 Å². The number of nitrogens with one attached hydrogen (secondary N) is 2. The molecule has 1 aliphatic rings. The lowest BCUT2D eigenvalue weighted by Crippen LogP contribution is -2.47. The fraction of sp³-hybridized carbons (Fsp3) is 0.364. The summed E-state index contributed by atoms with van der Waals surface area (Å²) in [4.78, 5) is 21.1. The van der Waals surface area contributed by atoms with Crippen LogP contribution in [-0.2, 0) is 17.8 Å². The third kappa shape index (κ3) is 3.66. The Balaban J connectivity index is 1.52. The van der Waals surface area contributed by atoms with Crippen LogP contribution in [0.2, 0.25) is 0 Å². The van der Waals surface area contributed by atoms with Gasteiger partial charge >= 0.3 is 5.69 Å². The third-order valence-electron chi connectivity index (χ3n) is 5.70. The van der Waals surface area contributed by atoms with Gasteiger partial charge in [-0.15, -0.1) is 0 Å². The van der Waals surface area contributed by atoms with Gasteiger partial charge in [-0.1, -0.05) is 19.1 Å². The number of hydrogen-bond acceptors (Lipinski definition) is 6. The standard InChI is InChI=1S/C22H24N6O3/c1-22(12-31-13-22)11-23-9-16-5-8-18-19-24-14-25-28(19)21(29)27(20(18)26-16)10-15-3-6-17(30-2)7-4-15/h3-8,14,23H,9-13H2,1-2H3/p+1. The lowest BCUT2D eigenvalue weighted by atomic mass is 9.89. The molecule has 0 saturated carbocycles. The summed E-state index contributed by atoms with van der Waals surface area (Å²) in [7, 11) is 1.63. The summed E-state index contributed by atoms with van der Waals surface area (Å²) in [5.74, 6) is 0.773. The number of hydrogen-bond donors (Lipinski definition) is 1. The molecule has 0 atom stereocenters. The summed E-state index contributed by atoms with van der Waals surface area (Å²) in [5, 5.41) is 8.48. The maximum absolute atomic E-state index is 13.2. The molecule has 4 heterocycles. The van der Waals surface area contributed by atoms with Crippen molar-refractivity contribution in [3.63, 3.8) is 0 Å². The maximum atomic E-state index is 13.2. The SMILES string of the molecule is COc1ccc(Cn2c(=O)n3nc[nH+]c3c3ccc(CNCC4(C)COC4)nc32)cc1. The number of benzene rings is 1. The van der Waals surface area contributed by atoms with Crippen LogP contribution in [-0.4, -0.2) is 46.0 Å². The summed E-state index contributed by atoms with van der Waals surface area (Å²) in [6.45, 7) is 5.63. The molecular weight excluding hydrogens is 396 g/mol. The van der Waals surface area contributed by atoms with Crippen molar-refractivity contribution >= 4 is 16.7 Å². The smallest absolute Gasteiger partial charge is 0.425 e. The lowest BCUT2D eigenvalue weighted by molar-refractivity contribution is -0.345. The molecule has 31 heavy (non-hydrogen) atoms. The molecule has 160 valence electrons. The van der Waals surface area contributed by atoms with Crippen LogP contribution in [0.5, 0.6) is 5.75 Å². The lowest BCUT2D eigenvalue weighted by Gasteiger charge is -2.38. The van der Waals surface area contributed by atoms with Crippen LogP contribution >= 0.6 is 0 Å². The van der Waals surface area contributed by atoms with Gasteiger partial charge in [-0.2, -0.15) is 0 Å². The monoisotopic (exact) mass is 421 g/mol. The van der Waals surface area contributed by atoms with Crippen LogP contribution < -0.4 is 20.7 Å². The number of methoxy groups -OCH3 is 1. The van der Waals surface area contributed by atoms with E-state index in [0.717, 1.165) is 42.2 Å². The number of rotatable bonds is 7. The van der Waals surface area contributed by atoms with Crippen LogP contribution in [0, 0.1) is 5.41 Å². The molecule has 5 rings (SSSR count). The Bertz CT molecular complexity index is 1290. The van der Waals surface area contributed by atoms with Crippen LogP contribution in [0.15, 0.2) is 47.5 Å². The highest BCUT2D eigenvalue weighted by Gasteiger charge is 2.32. The number of aromatic nitrogens is 5. The van der Waals surface area contributed by atoms with Gasteiger partial charge in [-0.25, -0.2) is 14.8 Å². The van der Waals surface area contributed by atoms with Gasteiger partial charge < -0.3 is 14.8 Å². The second-order valence-corrected chi connectivity index (χ2v) is 8.35. The van der Waals surface area contributed by atoms with Crippen LogP contribution in [0.1, 0.15) is 18.2 Å². The fourth-order valence-corrected chi connectivity index (χ4v) is 3.89. The van der Waals surface area contributed by atoms with Crippen molar-refractivity contribution in [3.8, 4) is 5.75 Å². The first-order valence-electron chi connectivity index (χ1n) is 10.3.